The standard InChI is InChI=1S/C20H23NO2/c22-20-10-6-14-23-19(20)15-16(17-8-1-2-9-18(17)20)7-5-13-21-11-3-4-12-21/h1-4,8-9,11-12,15,19,22H,5-7,10,13-14H2/t19-,20-/m0/s1. The van der Waals surface area contributed by atoms with Crippen molar-refractivity contribution >= 4 is 5.57 Å². The number of aryl methyl sites for hydroxylation is 1. The lowest BCUT2D eigenvalue weighted by molar-refractivity contribution is -0.130. The van der Waals surface area contributed by atoms with Crippen LogP contribution in [0.15, 0.2) is 54.9 Å². The number of rotatable bonds is 4. The van der Waals surface area contributed by atoms with E-state index in [1.807, 2.05) is 6.07 Å². The van der Waals surface area contributed by atoms with Gasteiger partial charge in [0.15, 0.2) is 0 Å². The lowest BCUT2D eigenvalue weighted by atomic mass is 9.73. The quantitative estimate of drug-likeness (QED) is 0.934. The van der Waals surface area contributed by atoms with Crippen molar-refractivity contribution in [3.05, 3.63) is 66.0 Å². The second kappa shape index (κ2) is 5.99. The Hall–Kier alpha value is -1.84. The van der Waals surface area contributed by atoms with Gasteiger partial charge < -0.3 is 14.4 Å². The van der Waals surface area contributed by atoms with Gasteiger partial charge in [-0.15, -0.1) is 0 Å². The van der Waals surface area contributed by atoms with Gasteiger partial charge in [0, 0.05) is 25.5 Å². The number of aliphatic hydroxyl groups is 1. The van der Waals surface area contributed by atoms with Crippen LogP contribution in [0.4, 0.5) is 0 Å². The molecule has 120 valence electrons. The summed E-state index contributed by atoms with van der Waals surface area (Å²) in [6.07, 6.45) is 9.95. The summed E-state index contributed by atoms with van der Waals surface area (Å²) in [4.78, 5) is 0. The van der Waals surface area contributed by atoms with E-state index < -0.39 is 5.60 Å². The van der Waals surface area contributed by atoms with Crippen LogP contribution in [0.5, 0.6) is 0 Å². The third-order valence-electron chi connectivity index (χ3n) is 5.09. The minimum Gasteiger partial charge on any atom is -0.382 e. The maximum atomic E-state index is 11.2. The molecule has 3 nitrogen and oxygen atoms in total. The number of fused-ring (bicyclic) bond motifs is 3. The molecule has 2 heterocycles. The molecule has 1 fully saturated rings. The molecule has 2 atom stereocenters. The van der Waals surface area contributed by atoms with E-state index in [9.17, 15) is 5.11 Å². The molecule has 3 heteroatoms. The normalized spacial score (nSPS) is 26.3. The molecule has 0 spiro atoms. The van der Waals surface area contributed by atoms with Crippen molar-refractivity contribution in [1.82, 2.24) is 4.57 Å². The first kappa shape index (κ1) is 14.7. The highest BCUT2D eigenvalue weighted by molar-refractivity contribution is 5.72. The van der Waals surface area contributed by atoms with Crippen LogP contribution in [0.3, 0.4) is 0 Å². The molecular weight excluding hydrogens is 286 g/mol. The molecule has 1 aromatic carbocycles. The van der Waals surface area contributed by atoms with Gasteiger partial charge in [0.1, 0.15) is 11.7 Å². The van der Waals surface area contributed by atoms with E-state index in [0.29, 0.717) is 0 Å². The lowest BCUT2D eigenvalue weighted by Gasteiger charge is -2.43. The number of hydrogen-bond donors (Lipinski definition) is 1. The first-order valence-electron chi connectivity index (χ1n) is 8.53. The Kier molecular flexibility index (Phi) is 3.83. The van der Waals surface area contributed by atoms with Crippen molar-refractivity contribution in [2.45, 2.75) is 43.9 Å². The summed E-state index contributed by atoms with van der Waals surface area (Å²) in [6, 6.07) is 12.4. The molecule has 1 aliphatic carbocycles. The van der Waals surface area contributed by atoms with Crippen LogP contribution in [0.1, 0.15) is 36.8 Å². The second-order valence-electron chi connectivity index (χ2n) is 6.58. The van der Waals surface area contributed by atoms with Crippen molar-refractivity contribution in [2.75, 3.05) is 6.61 Å². The average molecular weight is 309 g/mol. The van der Waals surface area contributed by atoms with Crippen LogP contribution in [0, 0.1) is 0 Å². The first-order chi connectivity index (χ1) is 11.3. The van der Waals surface area contributed by atoms with E-state index in [1.54, 1.807) is 0 Å². The zero-order valence-electron chi connectivity index (χ0n) is 13.3. The summed E-state index contributed by atoms with van der Waals surface area (Å²) in [7, 11) is 0. The molecule has 23 heavy (non-hydrogen) atoms. The van der Waals surface area contributed by atoms with Crippen molar-refractivity contribution in [2.24, 2.45) is 0 Å². The maximum Gasteiger partial charge on any atom is 0.120 e. The van der Waals surface area contributed by atoms with Crippen LogP contribution >= 0.6 is 0 Å². The molecule has 2 aromatic rings. The summed E-state index contributed by atoms with van der Waals surface area (Å²) in [5.74, 6) is 0. The number of hydrogen-bond acceptors (Lipinski definition) is 2. The first-order valence-corrected chi connectivity index (χ1v) is 8.53. The summed E-state index contributed by atoms with van der Waals surface area (Å²) in [5, 5.41) is 11.2. The Morgan fingerprint density at radius 3 is 2.87 bits per heavy atom. The largest absolute Gasteiger partial charge is 0.382 e. The average Bonchev–Trinajstić information content (AvgIpc) is 3.09. The fourth-order valence-electron chi connectivity index (χ4n) is 3.91. The fourth-order valence-corrected chi connectivity index (χ4v) is 3.91. The molecule has 0 saturated carbocycles. The topological polar surface area (TPSA) is 34.4 Å². The Morgan fingerprint density at radius 1 is 1.17 bits per heavy atom. The molecule has 0 radical (unpaired) electrons. The van der Waals surface area contributed by atoms with Crippen molar-refractivity contribution in [3.63, 3.8) is 0 Å². The highest BCUT2D eigenvalue weighted by atomic mass is 16.5. The Bertz CT molecular complexity index is 704. The molecule has 1 saturated heterocycles. The van der Waals surface area contributed by atoms with Gasteiger partial charge >= 0.3 is 0 Å². The van der Waals surface area contributed by atoms with Crippen LogP contribution < -0.4 is 0 Å². The molecule has 0 bridgehead atoms. The molecule has 1 aromatic heterocycles. The van der Waals surface area contributed by atoms with E-state index in [-0.39, 0.29) is 6.10 Å². The SMILES string of the molecule is O[C@]12CCCO[C@H]1C=C(CCCn1cccc1)c1ccccc12. The van der Waals surface area contributed by atoms with Crippen molar-refractivity contribution in [3.8, 4) is 0 Å². The van der Waals surface area contributed by atoms with E-state index in [4.69, 9.17) is 4.74 Å². The third-order valence-corrected chi connectivity index (χ3v) is 5.09. The van der Waals surface area contributed by atoms with Crippen molar-refractivity contribution < 1.29 is 9.84 Å². The Labute approximate surface area is 137 Å². The van der Waals surface area contributed by atoms with Gasteiger partial charge in [-0.2, -0.15) is 0 Å². The number of nitrogens with zero attached hydrogens (tertiary/aromatic N) is 1. The molecule has 4 rings (SSSR count). The van der Waals surface area contributed by atoms with E-state index in [2.05, 4.69) is 53.4 Å². The highest BCUT2D eigenvalue weighted by Gasteiger charge is 2.44. The van der Waals surface area contributed by atoms with E-state index in [1.165, 1.54) is 11.1 Å². The number of allylic oxidation sites excluding steroid dienone is 1. The van der Waals surface area contributed by atoms with E-state index >= 15 is 0 Å². The van der Waals surface area contributed by atoms with Crippen molar-refractivity contribution in [1.29, 1.82) is 0 Å². The summed E-state index contributed by atoms with van der Waals surface area (Å²) >= 11 is 0. The summed E-state index contributed by atoms with van der Waals surface area (Å²) < 4.78 is 8.10. The zero-order valence-corrected chi connectivity index (χ0v) is 13.3. The number of benzene rings is 1. The monoisotopic (exact) mass is 309 g/mol. The highest BCUT2D eigenvalue weighted by Crippen LogP contribution is 2.44. The van der Waals surface area contributed by atoms with Gasteiger partial charge in [0.05, 0.1) is 0 Å². The molecule has 2 aliphatic rings. The van der Waals surface area contributed by atoms with Crippen LogP contribution in [-0.2, 0) is 16.9 Å². The maximum absolute atomic E-state index is 11.2. The predicted octanol–water partition coefficient (Wildman–Crippen LogP) is 3.73. The van der Waals surface area contributed by atoms with Gasteiger partial charge in [-0.25, -0.2) is 0 Å². The van der Waals surface area contributed by atoms with Gasteiger partial charge in [-0.1, -0.05) is 24.3 Å². The predicted molar refractivity (Wildman–Crippen MR) is 91.0 cm³/mol. The fraction of sp³-hybridized carbons (Fsp3) is 0.400. The zero-order chi connectivity index (χ0) is 15.7. The van der Waals surface area contributed by atoms with E-state index in [0.717, 1.165) is 44.4 Å². The Balaban J connectivity index is 1.59. The number of ether oxygens (including phenoxy) is 1. The second-order valence-corrected chi connectivity index (χ2v) is 6.58. The molecule has 1 aliphatic heterocycles. The van der Waals surface area contributed by atoms with Gasteiger partial charge in [-0.3, -0.25) is 0 Å². The molecule has 0 unspecified atom stereocenters. The molecule has 1 N–H and O–H groups in total. The van der Waals surface area contributed by atoms with Crippen LogP contribution in [0.2, 0.25) is 0 Å². The number of aromatic nitrogens is 1. The minimum atomic E-state index is -0.848. The van der Waals surface area contributed by atoms with Gasteiger partial charge in [0.2, 0.25) is 0 Å². The van der Waals surface area contributed by atoms with Crippen LogP contribution in [0.25, 0.3) is 5.57 Å². The summed E-state index contributed by atoms with van der Waals surface area (Å²) in [6.45, 7) is 1.75. The Morgan fingerprint density at radius 2 is 2.00 bits per heavy atom. The minimum absolute atomic E-state index is 0.201. The molecular formula is C20H23NO2. The molecule has 0 amide bonds. The summed E-state index contributed by atoms with van der Waals surface area (Å²) in [5.41, 5.74) is 2.70. The van der Waals surface area contributed by atoms with Gasteiger partial charge in [0.25, 0.3) is 0 Å². The lowest BCUT2D eigenvalue weighted by Crippen LogP contribution is -2.46. The third kappa shape index (κ3) is 2.64. The smallest absolute Gasteiger partial charge is 0.120 e. The van der Waals surface area contributed by atoms with Crippen LogP contribution in [-0.4, -0.2) is 22.4 Å². The van der Waals surface area contributed by atoms with Gasteiger partial charge in [-0.05, 0) is 60.6 Å².